The number of nitrogens with one attached hydrogen (secondary N) is 1. The average Bonchev–Trinajstić information content (AvgIpc) is 3.30. The highest BCUT2D eigenvalue weighted by Gasteiger charge is 2.26. The Bertz CT molecular complexity index is 868. The molecular formula is C59H119NO4. The lowest BCUT2D eigenvalue weighted by Gasteiger charge is -2.26. The van der Waals surface area contributed by atoms with Crippen LogP contribution in [-0.4, -0.2) is 46.1 Å². The van der Waals surface area contributed by atoms with Crippen molar-refractivity contribution in [2.45, 2.75) is 366 Å². The molecule has 0 fully saturated rings. The van der Waals surface area contributed by atoms with Crippen LogP contribution in [-0.2, 0) is 4.79 Å². The van der Waals surface area contributed by atoms with Crippen molar-refractivity contribution in [1.29, 1.82) is 0 Å². The zero-order valence-corrected chi connectivity index (χ0v) is 44.0. The van der Waals surface area contributed by atoms with Crippen LogP contribution in [0.5, 0.6) is 0 Å². The Kier molecular flexibility index (Phi) is 54.4. The van der Waals surface area contributed by atoms with Gasteiger partial charge in [-0.05, 0) is 12.8 Å². The predicted molar refractivity (Wildman–Crippen MR) is 282 cm³/mol. The third-order valence-corrected chi connectivity index (χ3v) is 14.5. The first-order chi connectivity index (χ1) is 31.6. The number of aliphatic hydroxyl groups is 3. The fourth-order valence-corrected chi connectivity index (χ4v) is 9.87. The molecule has 0 rings (SSSR count). The monoisotopic (exact) mass is 906 g/mol. The van der Waals surface area contributed by atoms with Gasteiger partial charge in [0.15, 0.2) is 0 Å². The maximum Gasteiger partial charge on any atom is 0.220 e. The fourth-order valence-electron chi connectivity index (χ4n) is 9.87. The molecule has 0 bridgehead atoms. The largest absolute Gasteiger partial charge is 0.394 e. The number of carbonyl (C=O) groups is 1. The van der Waals surface area contributed by atoms with Crippen molar-refractivity contribution in [3.8, 4) is 0 Å². The van der Waals surface area contributed by atoms with Crippen molar-refractivity contribution in [2.75, 3.05) is 6.61 Å². The summed E-state index contributed by atoms with van der Waals surface area (Å²) in [6, 6.07) is -0.803. The molecule has 0 aliphatic carbocycles. The van der Waals surface area contributed by atoms with Gasteiger partial charge in [0.2, 0.25) is 5.91 Å². The van der Waals surface area contributed by atoms with E-state index in [4.69, 9.17) is 0 Å². The second-order valence-corrected chi connectivity index (χ2v) is 20.9. The second kappa shape index (κ2) is 55.0. The highest BCUT2D eigenvalue weighted by atomic mass is 16.3. The first-order valence-corrected chi connectivity index (χ1v) is 29.8. The zero-order chi connectivity index (χ0) is 46.5. The van der Waals surface area contributed by atoms with E-state index in [1.54, 1.807) is 0 Å². The Morgan fingerprint density at radius 2 is 0.531 bits per heavy atom. The molecule has 0 aliphatic rings. The quantitative estimate of drug-likeness (QED) is 0.0458. The molecule has 5 heteroatoms. The van der Waals surface area contributed by atoms with Gasteiger partial charge in [-0.2, -0.15) is 0 Å². The maximum absolute atomic E-state index is 12.5. The molecule has 0 saturated heterocycles. The molecular weight excluding hydrogens is 787 g/mol. The van der Waals surface area contributed by atoms with Crippen LogP contribution in [0.15, 0.2) is 0 Å². The summed E-state index contributed by atoms with van der Waals surface area (Å²) < 4.78 is 0. The van der Waals surface area contributed by atoms with Crippen molar-refractivity contribution in [1.82, 2.24) is 5.32 Å². The molecule has 0 heterocycles. The van der Waals surface area contributed by atoms with Gasteiger partial charge in [-0.25, -0.2) is 0 Å². The first-order valence-electron chi connectivity index (χ1n) is 29.8. The van der Waals surface area contributed by atoms with Crippen molar-refractivity contribution >= 4 is 5.91 Å². The van der Waals surface area contributed by atoms with Gasteiger partial charge in [-0.3, -0.25) is 4.79 Å². The predicted octanol–water partition coefficient (Wildman–Crippen LogP) is 18.5. The van der Waals surface area contributed by atoms with Crippen LogP contribution in [0.2, 0.25) is 0 Å². The van der Waals surface area contributed by atoms with E-state index in [0.717, 1.165) is 38.5 Å². The van der Waals surface area contributed by atoms with Gasteiger partial charge in [0.25, 0.3) is 0 Å². The number of hydrogen-bond donors (Lipinski definition) is 4. The smallest absolute Gasteiger partial charge is 0.220 e. The average molecular weight is 907 g/mol. The summed E-state index contributed by atoms with van der Waals surface area (Å²) in [7, 11) is 0. The Hall–Kier alpha value is -0.650. The molecule has 4 N–H and O–H groups in total. The van der Waals surface area contributed by atoms with Gasteiger partial charge >= 0.3 is 0 Å². The summed E-state index contributed by atoms with van der Waals surface area (Å²) >= 11 is 0. The number of unbranched alkanes of at least 4 members (excludes halogenated alkanes) is 48. The third kappa shape index (κ3) is 49.3. The molecule has 3 unspecified atom stereocenters. The van der Waals surface area contributed by atoms with Crippen LogP contribution in [0.4, 0.5) is 0 Å². The minimum atomic E-state index is -1.13. The summed E-state index contributed by atoms with van der Waals surface area (Å²) in [5.74, 6) is -0.137. The van der Waals surface area contributed by atoms with Gasteiger partial charge in [0.05, 0.1) is 18.8 Å². The van der Waals surface area contributed by atoms with Gasteiger partial charge in [0, 0.05) is 6.42 Å². The molecule has 5 nitrogen and oxygen atoms in total. The van der Waals surface area contributed by atoms with Crippen molar-refractivity contribution < 1.29 is 20.1 Å². The van der Waals surface area contributed by atoms with Crippen LogP contribution in [0.3, 0.4) is 0 Å². The SMILES string of the molecule is CCCCCCCCCCCCCCCCCCCCCCCCCCCCCCCCCCCCCCCCCC(=O)NC(CO)C(O)C(O)CCCCCCCCCCCCC. The topological polar surface area (TPSA) is 89.8 Å². The molecule has 64 heavy (non-hydrogen) atoms. The van der Waals surface area contributed by atoms with Gasteiger partial charge in [0.1, 0.15) is 6.10 Å². The van der Waals surface area contributed by atoms with Crippen molar-refractivity contribution in [3.63, 3.8) is 0 Å². The van der Waals surface area contributed by atoms with Crippen LogP contribution < -0.4 is 5.32 Å². The second-order valence-electron chi connectivity index (χ2n) is 20.9. The van der Waals surface area contributed by atoms with Crippen LogP contribution in [0, 0.1) is 0 Å². The Morgan fingerprint density at radius 1 is 0.328 bits per heavy atom. The van der Waals surface area contributed by atoms with Crippen molar-refractivity contribution in [2.24, 2.45) is 0 Å². The van der Waals surface area contributed by atoms with Gasteiger partial charge in [-0.15, -0.1) is 0 Å². The lowest BCUT2D eigenvalue weighted by molar-refractivity contribution is -0.124. The normalized spacial score (nSPS) is 13.1. The molecule has 0 aromatic heterocycles. The van der Waals surface area contributed by atoms with Crippen LogP contribution in [0.25, 0.3) is 0 Å². The fraction of sp³-hybridized carbons (Fsp3) is 0.983. The summed E-state index contributed by atoms with van der Waals surface area (Å²) in [5, 5.41) is 33.6. The molecule has 0 spiro atoms. The lowest BCUT2D eigenvalue weighted by Crippen LogP contribution is -2.50. The molecule has 1 amide bonds. The summed E-state index contributed by atoms with van der Waals surface area (Å²) in [5.41, 5.74) is 0. The van der Waals surface area contributed by atoms with Crippen LogP contribution >= 0.6 is 0 Å². The number of carbonyl (C=O) groups excluding carboxylic acids is 1. The van der Waals surface area contributed by atoms with Crippen LogP contribution in [0.1, 0.15) is 348 Å². The number of rotatable bonds is 56. The molecule has 0 saturated carbocycles. The van der Waals surface area contributed by atoms with E-state index in [1.807, 2.05) is 0 Å². The number of aliphatic hydroxyl groups excluding tert-OH is 3. The molecule has 3 atom stereocenters. The van der Waals surface area contributed by atoms with E-state index in [1.165, 1.54) is 283 Å². The van der Waals surface area contributed by atoms with E-state index >= 15 is 0 Å². The molecule has 0 aromatic carbocycles. The highest BCUT2D eigenvalue weighted by molar-refractivity contribution is 5.76. The van der Waals surface area contributed by atoms with E-state index in [9.17, 15) is 20.1 Å². The van der Waals surface area contributed by atoms with E-state index < -0.39 is 18.2 Å². The van der Waals surface area contributed by atoms with E-state index in [2.05, 4.69) is 19.2 Å². The molecule has 0 aromatic rings. The summed E-state index contributed by atoms with van der Waals surface area (Å²) in [6.07, 6.45) is 67.3. The third-order valence-electron chi connectivity index (χ3n) is 14.5. The van der Waals surface area contributed by atoms with Crippen molar-refractivity contribution in [3.05, 3.63) is 0 Å². The van der Waals surface area contributed by atoms with E-state index in [-0.39, 0.29) is 12.5 Å². The Morgan fingerprint density at radius 3 is 0.750 bits per heavy atom. The lowest BCUT2D eigenvalue weighted by atomic mass is 9.99. The minimum Gasteiger partial charge on any atom is -0.394 e. The number of hydrogen-bond acceptors (Lipinski definition) is 4. The Labute approximate surface area is 402 Å². The maximum atomic E-state index is 12.5. The first kappa shape index (κ1) is 63.4. The zero-order valence-electron chi connectivity index (χ0n) is 44.0. The molecule has 0 aliphatic heterocycles. The van der Waals surface area contributed by atoms with Gasteiger partial charge < -0.3 is 20.6 Å². The molecule has 384 valence electrons. The minimum absolute atomic E-state index is 0.137. The Balaban J connectivity index is 3.35. The van der Waals surface area contributed by atoms with E-state index in [0.29, 0.717) is 12.8 Å². The summed E-state index contributed by atoms with van der Waals surface area (Å²) in [4.78, 5) is 12.5. The highest BCUT2D eigenvalue weighted by Crippen LogP contribution is 2.19. The number of amides is 1. The molecule has 0 radical (unpaired) electrons. The van der Waals surface area contributed by atoms with Gasteiger partial charge in [-0.1, -0.05) is 328 Å². The summed E-state index contributed by atoms with van der Waals surface area (Å²) in [6.45, 7) is 4.20. The standard InChI is InChI=1S/C59H119NO4/c1-3-5-7-9-11-13-15-16-17-18-19-20-21-22-23-24-25-26-27-28-29-30-31-32-33-34-35-36-37-38-39-40-41-42-44-46-48-50-52-54-58(63)60-56(55-61)59(64)57(62)53-51-49-47-45-43-14-12-10-8-6-4-2/h56-57,59,61-62,64H,3-55H2,1-2H3,(H,60,63).